The zero-order valence-corrected chi connectivity index (χ0v) is 7.62. The minimum atomic E-state index is -0.402. The Kier molecular flexibility index (Phi) is 3.46. The zero-order chi connectivity index (χ0) is 9.68. The number of benzene rings is 1. The standard InChI is InChI=1S/C10H13NO2/c1-2-8-5-3-4-6-9(8)13-10(12)7-11/h3-6H,2,7,11H2,1H3. The van der Waals surface area contributed by atoms with Crippen LogP contribution in [0.5, 0.6) is 5.75 Å². The van der Waals surface area contributed by atoms with Crippen LogP contribution < -0.4 is 10.5 Å². The number of ether oxygens (including phenoxy) is 1. The van der Waals surface area contributed by atoms with Gasteiger partial charge in [-0.2, -0.15) is 0 Å². The van der Waals surface area contributed by atoms with Crippen LogP contribution in [0.25, 0.3) is 0 Å². The highest BCUT2D eigenvalue weighted by Crippen LogP contribution is 2.17. The molecule has 0 saturated heterocycles. The predicted molar refractivity (Wildman–Crippen MR) is 50.5 cm³/mol. The van der Waals surface area contributed by atoms with E-state index in [2.05, 4.69) is 0 Å². The number of para-hydroxylation sites is 1. The summed E-state index contributed by atoms with van der Waals surface area (Å²) in [5, 5.41) is 0. The van der Waals surface area contributed by atoms with Crippen LogP contribution in [0.3, 0.4) is 0 Å². The van der Waals surface area contributed by atoms with Gasteiger partial charge in [0.25, 0.3) is 0 Å². The van der Waals surface area contributed by atoms with Crippen molar-refractivity contribution in [3.05, 3.63) is 29.8 Å². The second-order valence-corrected chi connectivity index (χ2v) is 2.64. The Bertz CT molecular complexity index is 297. The Morgan fingerprint density at radius 1 is 1.46 bits per heavy atom. The van der Waals surface area contributed by atoms with Gasteiger partial charge in [0.2, 0.25) is 0 Å². The molecule has 3 heteroatoms. The summed E-state index contributed by atoms with van der Waals surface area (Å²) in [4.78, 5) is 10.9. The van der Waals surface area contributed by atoms with E-state index in [9.17, 15) is 4.79 Å². The van der Waals surface area contributed by atoms with Crippen LogP contribution in [-0.4, -0.2) is 12.5 Å². The second kappa shape index (κ2) is 4.62. The van der Waals surface area contributed by atoms with Crippen molar-refractivity contribution in [2.45, 2.75) is 13.3 Å². The molecule has 0 fully saturated rings. The molecule has 0 aliphatic carbocycles. The Morgan fingerprint density at radius 2 is 2.15 bits per heavy atom. The lowest BCUT2D eigenvalue weighted by Crippen LogP contribution is -2.19. The fourth-order valence-corrected chi connectivity index (χ4v) is 1.06. The normalized spacial score (nSPS) is 9.69. The van der Waals surface area contributed by atoms with Gasteiger partial charge in [-0.25, -0.2) is 0 Å². The third-order valence-electron chi connectivity index (χ3n) is 1.74. The highest BCUT2D eigenvalue weighted by Gasteiger charge is 2.04. The minimum Gasteiger partial charge on any atom is -0.425 e. The molecule has 1 aromatic carbocycles. The van der Waals surface area contributed by atoms with Gasteiger partial charge in [0, 0.05) is 0 Å². The van der Waals surface area contributed by atoms with Crippen LogP contribution in [-0.2, 0) is 11.2 Å². The third kappa shape index (κ3) is 2.56. The molecule has 0 aromatic heterocycles. The van der Waals surface area contributed by atoms with Gasteiger partial charge in [-0.15, -0.1) is 0 Å². The molecule has 0 spiro atoms. The van der Waals surface area contributed by atoms with E-state index in [1.165, 1.54) is 0 Å². The van der Waals surface area contributed by atoms with E-state index in [1.54, 1.807) is 6.07 Å². The molecule has 0 radical (unpaired) electrons. The van der Waals surface area contributed by atoms with Crippen molar-refractivity contribution < 1.29 is 9.53 Å². The number of nitrogens with two attached hydrogens (primary N) is 1. The Balaban J connectivity index is 2.81. The average Bonchev–Trinajstić information content (AvgIpc) is 2.18. The summed E-state index contributed by atoms with van der Waals surface area (Å²) in [6.07, 6.45) is 0.841. The maximum absolute atomic E-state index is 10.9. The summed E-state index contributed by atoms with van der Waals surface area (Å²) in [6.45, 7) is 1.92. The van der Waals surface area contributed by atoms with Crippen LogP contribution in [0.4, 0.5) is 0 Å². The summed E-state index contributed by atoms with van der Waals surface area (Å²) in [7, 11) is 0. The largest absolute Gasteiger partial charge is 0.425 e. The van der Waals surface area contributed by atoms with Crippen molar-refractivity contribution in [1.29, 1.82) is 0 Å². The number of hydrogen-bond donors (Lipinski definition) is 1. The molecule has 0 bridgehead atoms. The molecule has 0 saturated carbocycles. The van der Waals surface area contributed by atoms with Crippen molar-refractivity contribution in [3.63, 3.8) is 0 Å². The molecule has 1 rings (SSSR count). The number of aryl methyl sites for hydroxylation is 1. The molecule has 1 aromatic rings. The van der Waals surface area contributed by atoms with Gasteiger partial charge in [-0.1, -0.05) is 25.1 Å². The van der Waals surface area contributed by atoms with E-state index in [1.807, 2.05) is 25.1 Å². The molecular formula is C10H13NO2. The van der Waals surface area contributed by atoms with Crippen molar-refractivity contribution >= 4 is 5.97 Å². The fraction of sp³-hybridized carbons (Fsp3) is 0.300. The minimum absolute atomic E-state index is 0.0853. The quantitative estimate of drug-likeness (QED) is 0.558. The first-order chi connectivity index (χ1) is 6.27. The highest BCUT2D eigenvalue weighted by molar-refractivity contribution is 5.74. The van der Waals surface area contributed by atoms with Gasteiger partial charge < -0.3 is 10.5 Å². The van der Waals surface area contributed by atoms with Gasteiger partial charge in [0.1, 0.15) is 5.75 Å². The molecule has 2 N–H and O–H groups in total. The first kappa shape index (κ1) is 9.74. The van der Waals surface area contributed by atoms with Gasteiger partial charge in [0.15, 0.2) is 0 Å². The summed E-state index contributed by atoms with van der Waals surface area (Å²) >= 11 is 0. The molecule has 0 aliphatic heterocycles. The van der Waals surface area contributed by atoms with Crippen LogP contribution >= 0.6 is 0 Å². The van der Waals surface area contributed by atoms with Crippen LogP contribution in [0.15, 0.2) is 24.3 Å². The number of carbonyl (C=O) groups excluding carboxylic acids is 1. The smallest absolute Gasteiger partial charge is 0.325 e. The Morgan fingerprint density at radius 3 is 2.77 bits per heavy atom. The van der Waals surface area contributed by atoms with E-state index in [-0.39, 0.29) is 6.54 Å². The van der Waals surface area contributed by atoms with Crippen LogP contribution in [0.2, 0.25) is 0 Å². The molecule has 0 atom stereocenters. The maximum atomic E-state index is 10.9. The molecule has 70 valence electrons. The lowest BCUT2D eigenvalue weighted by atomic mass is 10.1. The second-order valence-electron chi connectivity index (χ2n) is 2.64. The first-order valence-electron chi connectivity index (χ1n) is 4.26. The Labute approximate surface area is 77.5 Å². The molecule has 13 heavy (non-hydrogen) atoms. The fourth-order valence-electron chi connectivity index (χ4n) is 1.06. The zero-order valence-electron chi connectivity index (χ0n) is 7.62. The van der Waals surface area contributed by atoms with E-state index in [4.69, 9.17) is 10.5 Å². The summed E-state index contributed by atoms with van der Waals surface area (Å²) in [5.74, 6) is 0.210. The highest BCUT2D eigenvalue weighted by atomic mass is 16.5. The van der Waals surface area contributed by atoms with E-state index >= 15 is 0 Å². The third-order valence-corrected chi connectivity index (χ3v) is 1.74. The number of hydrogen-bond acceptors (Lipinski definition) is 3. The van der Waals surface area contributed by atoms with Crippen molar-refractivity contribution in [1.82, 2.24) is 0 Å². The SMILES string of the molecule is CCc1ccccc1OC(=O)CN. The summed E-state index contributed by atoms with van der Waals surface area (Å²) in [5.41, 5.74) is 6.15. The number of rotatable bonds is 3. The van der Waals surface area contributed by atoms with E-state index in [0.29, 0.717) is 5.75 Å². The molecule has 0 aliphatic rings. The molecule has 0 heterocycles. The number of carbonyl (C=O) groups is 1. The summed E-state index contributed by atoms with van der Waals surface area (Å²) < 4.78 is 5.02. The van der Waals surface area contributed by atoms with Crippen molar-refractivity contribution in [2.75, 3.05) is 6.54 Å². The topological polar surface area (TPSA) is 52.3 Å². The predicted octanol–water partition coefficient (Wildman–Crippen LogP) is 1.11. The Hall–Kier alpha value is -1.35. The van der Waals surface area contributed by atoms with Gasteiger partial charge in [-0.3, -0.25) is 4.79 Å². The monoisotopic (exact) mass is 179 g/mol. The lowest BCUT2D eigenvalue weighted by Gasteiger charge is -2.06. The van der Waals surface area contributed by atoms with E-state index < -0.39 is 5.97 Å². The lowest BCUT2D eigenvalue weighted by molar-refractivity contribution is -0.132. The van der Waals surface area contributed by atoms with Crippen LogP contribution in [0.1, 0.15) is 12.5 Å². The average molecular weight is 179 g/mol. The molecule has 0 amide bonds. The molecule has 0 unspecified atom stereocenters. The summed E-state index contributed by atoms with van der Waals surface area (Å²) in [6, 6.07) is 7.45. The van der Waals surface area contributed by atoms with Crippen molar-refractivity contribution in [3.8, 4) is 5.75 Å². The maximum Gasteiger partial charge on any atom is 0.325 e. The van der Waals surface area contributed by atoms with Crippen molar-refractivity contribution in [2.24, 2.45) is 5.73 Å². The van der Waals surface area contributed by atoms with Gasteiger partial charge >= 0.3 is 5.97 Å². The van der Waals surface area contributed by atoms with E-state index in [0.717, 1.165) is 12.0 Å². The van der Waals surface area contributed by atoms with Crippen LogP contribution in [0, 0.1) is 0 Å². The first-order valence-corrected chi connectivity index (χ1v) is 4.26. The molecule has 3 nitrogen and oxygen atoms in total. The van der Waals surface area contributed by atoms with Gasteiger partial charge in [0.05, 0.1) is 6.54 Å². The van der Waals surface area contributed by atoms with Gasteiger partial charge in [-0.05, 0) is 18.1 Å². The number of esters is 1. The molecular weight excluding hydrogens is 166 g/mol.